The van der Waals surface area contributed by atoms with E-state index in [1.165, 1.54) is 0 Å². The van der Waals surface area contributed by atoms with Gasteiger partial charge in [-0.25, -0.2) is 4.98 Å². The molecule has 1 aliphatic heterocycles. The fraction of sp³-hybridized carbons (Fsp3) is 0.167. The number of anilines is 3. The second-order valence-electron chi connectivity index (χ2n) is 3.16. The van der Waals surface area contributed by atoms with Crippen molar-refractivity contribution in [3.05, 3.63) is 5.69 Å². The molecule has 0 fully saturated rings. The van der Waals surface area contributed by atoms with E-state index in [1.807, 2.05) is 0 Å². The van der Waals surface area contributed by atoms with Crippen LogP contribution in [0.3, 0.4) is 0 Å². The van der Waals surface area contributed by atoms with Crippen LogP contribution in [0, 0.1) is 0 Å². The van der Waals surface area contributed by atoms with E-state index in [9.17, 15) is 10.3 Å². The Balaban J connectivity index is 2.73. The highest BCUT2D eigenvalue weighted by molar-refractivity contribution is 6.04. The maximum absolute atomic E-state index is 9.57. The van der Waals surface area contributed by atoms with Crippen LogP contribution in [0.4, 0.5) is 17.5 Å². The number of nitrogens with two attached hydrogens (primary N) is 4. The molecule has 0 amide bonds. The van der Waals surface area contributed by atoms with Gasteiger partial charge in [0.15, 0.2) is 11.7 Å². The van der Waals surface area contributed by atoms with Crippen molar-refractivity contribution in [2.45, 2.75) is 5.97 Å². The van der Waals surface area contributed by atoms with Crippen LogP contribution in [0.15, 0.2) is 4.99 Å². The van der Waals surface area contributed by atoms with Crippen LogP contribution < -0.4 is 28.0 Å². The van der Waals surface area contributed by atoms with E-state index < -0.39 is 5.97 Å². The molecule has 10 nitrogen and oxygen atoms in total. The number of hydroxylamine groups is 1. The Morgan fingerprint density at radius 2 is 1.81 bits per heavy atom. The number of hydrogen-bond donors (Lipinski definition) is 6. The van der Waals surface area contributed by atoms with Crippen LogP contribution in [-0.2, 0) is 0 Å². The number of aromatic nitrogens is 2. The minimum atomic E-state index is -2.41. The summed E-state index contributed by atoms with van der Waals surface area (Å²) in [6.07, 6.45) is 0. The molecule has 0 bridgehead atoms. The molecule has 2 rings (SSSR count). The molecule has 2 heterocycles. The fourth-order valence-electron chi connectivity index (χ4n) is 1.32. The molecule has 1 aromatic rings. The van der Waals surface area contributed by atoms with Gasteiger partial charge in [-0.1, -0.05) is 0 Å². The highest BCUT2D eigenvalue weighted by atomic mass is 16.6. The lowest BCUT2D eigenvalue weighted by molar-refractivity contribution is -0.0271. The van der Waals surface area contributed by atoms with Gasteiger partial charge in [-0.15, -0.1) is 0 Å². The maximum Gasteiger partial charge on any atom is 0.322 e. The van der Waals surface area contributed by atoms with Crippen LogP contribution in [0.2, 0.25) is 0 Å². The molecule has 1 aromatic heterocycles. The number of aliphatic hydroxyl groups is 1. The lowest BCUT2D eigenvalue weighted by Gasteiger charge is -2.33. The Morgan fingerprint density at radius 1 is 1.19 bits per heavy atom. The molecule has 0 saturated heterocycles. The van der Waals surface area contributed by atoms with Gasteiger partial charge < -0.3 is 22.3 Å². The zero-order valence-electron chi connectivity index (χ0n) is 7.99. The second-order valence-corrected chi connectivity index (χ2v) is 3.16. The van der Waals surface area contributed by atoms with Gasteiger partial charge in [-0.2, -0.15) is 15.0 Å². The van der Waals surface area contributed by atoms with Gasteiger partial charge in [-0.05, 0) is 0 Å². The number of fused-ring (bicyclic) bond motifs is 1. The highest BCUT2D eigenvalue weighted by Crippen LogP contribution is 2.31. The molecule has 0 radical (unpaired) electrons. The normalized spacial score (nSPS) is 23.9. The molecular formula is C6H10N8O2. The lowest BCUT2D eigenvalue weighted by atomic mass is 10.2. The zero-order chi connectivity index (χ0) is 12.1. The summed E-state index contributed by atoms with van der Waals surface area (Å²) in [6.45, 7) is 0. The van der Waals surface area contributed by atoms with Crippen molar-refractivity contribution in [3.8, 4) is 0 Å². The van der Waals surface area contributed by atoms with Crippen LogP contribution >= 0.6 is 0 Å². The van der Waals surface area contributed by atoms with Crippen LogP contribution in [0.25, 0.3) is 0 Å². The van der Waals surface area contributed by atoms with E-state index in [1.54, 1.807) is 0 Å². The van der Waals surface area contributed by atoms with E-state index in [0.29, 0.717) is 0 Å². The largest absolute Gasteiger partial charge is 0.382 e. The maximum atomic E-state index is 9.57. The van der Waals surface area contributed by atoms with Crippen molar-refractivity contribution in [1.82, 2.24) is 9.97 Å². The van der Waals surface area contributed by atoms with Gasteiger partial charge >= 0.3 is 5.97 Å². The molecular weight excluding hydrogens is 216 g/mol. The van der Waals surface area contributed by atoms with Gasteiger partial charge in [0.25, 0.3) is 0 Å². The van der Waals surface area contributed by atoms with Gasteiger partial charge in [0, 0.05) is 0 Å². The summed E-state index contributed by atoms with van der Waals surface area (Å²) in [5.41, 5.74) is 21.5. The number of amidine groups is 1. The quantitative estimate of drug-likeness (QED) is 0.252. The molecule has 16 heavy (non-hydrogen) atoms. The summed E-state index contributed by atoms with van der Waals surface area (Å²) in [5, 5.41) is 19.3. The summed E-state index contributed by atoms with van der Waals surface area (Å²) in [7, 11) is 0. The Kier molecular flexibility index (Phi) is 1.88. The van der Waals surface area contributed by atoms with Crippen LogP contribution in [-0.4, -0.2) is 32.1 Å². The molecule has 0 saturated carbocycles. The number of rotatable bonds is 0. The third-order valence-corrected chi connectivity index (χ3v) is 1.98. The Labute approximate surface area is 89.2 Å². The van der Waals surface area contributed by atoms with Gasteiger partial charge in [-0.3, -0.25) is 10.9 Å². The number of hydrogen-bond acceptors (Lipinski definition) is 10. The average molecular weight is 226 g/mol. The minimum absolute atomic E-state index is 0.00243. The van der Waals surface area contributed by atoms with Crippen molar-refractivity contribution in [2.75, 3.05) is 16.5 Å². The Morgan fingerprint density at radius 3 is 2.44 bits per heavy atom. The summed E-state index contributed by atoms with van der Waals surface area (Å²) in [5.74, 6) is -2.92. The average Bonchev–Trinajstić information content (AvgIpc) is 2.13. The Bertz CT molecular complexity index is 484. The predicted octanol–water partition coefficient (Wildman–Crippen LogP) is -2.88. The standard InChI is InChI=1S/C6H10N8O2/c7-3-1-2(4(8)12-5(9)11-1)14(16)6(10,15)13-3/h15-16H,10H2,(H2,7,13)(H4,8,9,11,12). The molecule has 0 aromatic carbocycles. The molecule has 1 aliphatic rings. The molecule has 1 unspecified atom stereocenters. The van der Waals surface area contributed by atoms with E-state index in [-0.39, 0.29) is 34.0 Å². The first-order chi connectivity index (χ1) is 7.33. The van der Waals surface area contributed by atoms with Crippen LogP contribution in [0.5, 0.6) is 0 Å². The fourth-order valence-corrected chi connectivity index (χ4v) is 1.32. The highest BCUT2D eigenvalue weighted by Gasteiger charge is 2.38. The van der Waals surface area contributed by atoms with Crippen molar-refractivity contribution < 1.29 is 10.3 Å². The van der Waals surface area contributed by atoms with E-state index in [4.69, 9.17) is 22.9 Å². The predicted molar refractivity (Wildman–Crippen MR) is 55.0 cm³/mol. The molecule has 10 heteroatoms. The summed E-state index contributed by atoms with van der Waals surface area (Å²) >= 11 is 0. The first-order valence-electron chi connectivity index (χ1n) is 4.12. The second kappa shape index (κ2) is 2.91. The molecule has 0 aliphatic carbocycles. The molecule has 0 spiro atoms. The van der Waals surface area contributed by atoms with Crippen molar-refractivity contribution in [2.24, 2.45) is 16.5 Å². The first-order valence-corrected chi connectivity index (χ1v) is 4.12. The minimum Gasteiger partial charge on any atom is -0.382 e. The van der Waals surface area contributed by atoms with Crippen LogP contribution in [0.1, 0.15) is 5.69 Å². The number of nitrogens with zero attached hydrogens (tertiary/aromatic N) is 4. The van der Waals surface area contributed by atoms with E-state index >= 15 is 0 Å². The van der Waals surface area contributed by atoms with E-state index in [2.05, 4.69) is 15.0 Å². The smallest absolute Gasteiger partial charge is 0.322 e. The third-order valence-electron chi connectivity index (χ3n) is 1.98. The molecule has 1 atom stereocenters. The van der Waals surface area contributed by atoms with Gasteiger partial charge in [0.1, 0.15) is 11.4 Å². The summed E-state index contributed by atoms with van der Waals surface area (Å²) < 4.78 is 0. The van der Waals surface area contributed by atoms with Crippen molar-refractivity contribution in [3.63, 3.8) is 0 Å². The lowest BCUT2D eigenvalue weighted by Crippen LogP contribution is -2.57. The van der Waals surface area contributed by atoms with E-state index in [0.717, 1.165) is 0 Å². The van der Waals surface area contributed by atoms with Gasteiger partial charge in [0.05, 0.1) is 0 Å². The number of aliphatic imine (C=N–C) groups is 1. The SMILES string of the molecule is NC1=NC(N)(O)N(O)c2c(N)nc(N)nc21. The first kappa shape index (κ1) is 10.4. The topological polar surface area (TPSA) is 186 Å². The molecule has 86 valence electrons. The van der Waals surface area contributed by atoms with Crippen molar-refractivity contribution >= 4 is 23.3 Å². The summed E-state index contributed by atoms with van der Waals surface area (Å²) in [6, 6.07) is 0. The summed E-state index contributed by atoms with van der Waals surface area (Å²) in [4.78, 5) is 10.8. The van der Waals surface area contributed by atoms with Gasteiger partial charge in [0.2, 0.25) is 5.95 Å². The monoisotopic (exact) mass is 226 g/mol. The zero-order valence-corrected chi connectivity index (χ0v) is 7.99. The molecule has 10 N–H and O–H groups in total. The number of nitrogen functional groups attached to an aromatic ring is 2. The Hall–Kier alpha value is -2.17. The van der Waals surface area contributed by atoms with Crippen molar-refractivity contribution in [1.29, 1.82) is 0 Å². The third kappa shape index (κ3) is 1.29.